The molecule has 0 bridgehead atoms. The summed E-state index contributed by atoms with van der Waals surface area (Å²) in [5, 5.41) is 11.1. The molecule has 112 valence electrons. The van der Waals surface area contributed by atoms with Gasteiger partial charge >= 0.3 is 0 Å². The van der Waals surface area contributed by atoms with Crippen molar-refractivity contribution in [3.8, 4) is 0 Å². The van der Waals surface area contributed by atoms with E-state index in [1.54, 1.807) is 18.2 Å². The van der Waals surface area contributed by atoms with Crippen molar-refractivity contribution in [3.05, 3.63) is 69.2 Å². The number of aliphatic hydroxyl groups excluding tert-OH is 1. The molecule has 0 radical (unpaired) electrons. The Labute approximate surface area is 131 Å². The van der Waals surface area contributed by atoms with Crippen LogP contribution in [0.3, 0.4) is 0 Å². The van der Waals surface area contributed by atoms with Gasteiger partial charge in [0, 0.05) is 34.1 Å². The molecule has 2 unspecified atom stereocenters. The summed E-state index contributed by atoms with van der Waals surface area (Å²) in [5.74, 6) is -2.26. The summed E-state index contributed by atoms with van der Waals surface area (Å²) in [5.41, 5.74) is 6.08. The van der Waals surface area contributed by atoms with E-state index in [1.165, 1.54) is 6.07 Å². The molecule has 6 heteroatoms. The molecule has 2 nitrogen and oxygen atoms in total. The normalized spacial score (nSPS) is 14.0. The van der Waals surface area contributed by atoms with Gasteiger partial charge in [0.15, 0.2) is 0 Å². The Morgan fingerprint density at radius 1 is 1.10 bits per heavy atom. The van der Waals surface area contributed by atoms with E-state index in [0.29, 0.717) is 21.7 Å². The van der Waals surface area contributed by atoms with Crippen LogP contribution in [0.25, 0.3) is 0 Å². The third kappa shape index (κ3) is 3.35. The van der Waals surface area contributed by atoms with Crippen LogP contribution < -0.4 is 5.73 Å². The lowest BCUT2D eigenvalue weighted by Gasteiger charge is -2.24. The van der Waals surface area contributed by atoms with Gasteiger partial charge in [-0.2, -0.15) is 0 Å². The minimum absolute atomic E-state index is 0.00143. The van der Waals surface area contributed by atoms with Gasteiger partial charge in [0.1, 0.15) is 11.6 Å². The molecule has 0 heterocycles. The van der Waals surface area contributed by atoms with Crippen molar-refractivity contribution in [1.29, 1.82) is 0 Å². The summed E-state index contributed by atoms with van der Waals surface area (Å²) in [7, 11) is 0. The van der Waals surface area contributed by atoms with Crippen LogP contribution in [0, 0.1) is 11.6 Å². The van der Waals surface area contributed by atoms with Crippen molar-refractivity contribution in [1.82, 2.24) is 0 Å². The molecule has 0 aliphatic heterocycles. The highest BCUT2D eigenvalue weighted by molar-refractivity contribution is 6.36. The molecule has 21 heavy (non-hydrogen) atoms. The highest BCUT2D eigenvalue weighted by Crippen LogP contribution is 2.39. The summed E-state index contributed by atoms with van der Waals surface area (Å²) in [6.07, 6.45) is -1.28. The van der Waals surface area contributed by atoms with Crippen LogP contribution in [0.1, 0.15) is 23.1 Å². The van der Waals surface area contributed by atoms with Gasteiger partial charge in [0.2, 0.25) is 0 Å². The van der Waals surface area contributed by atoms with Gasteiger partial charge in [0.25, 0.3) is 0 Å². The minimum atomic E-state index is -1.28. The molecule has 0 spiro atoms. The Morgan fingerprint density at radius 2 is 1.71 bits per heavy atom. The van der Waals surface area contributed by atoms with Crippen molar-refractivity contribution in [2.24, 2.45) is 5.73 Å². The van der Waals surface area contributed by atoms with Gasteiger partial charge < -0.3 is 10.8 Å². The summed E-state index contributed by atoms with van der Waals surface area (Å²) < 4.78 is 26.8. The predicted molar refractivity (Wildman–Crippen MR) is 79.6 cm³/mol. The van der Waals surface area contributed by atoms with E-state index in [9.17, 15) is 13.9 Å². The fourth-order valence-corrected chi connectivity index (χ4v) is 2.91. The van der Waals surface area contributed by atoms with Gasteiger partial charge in [-0.15, -0.1) is 0 Å². The Kier molecular flexibility index (Phi) is 5.17. The Hall–Kier alpha value is -1.20. The van der Waals surface area contributed by atoms with E-state index in [0.717, 1.165) is 6.07 Å². The molecule has 0 fully saturated rings. The standard InChI is InChI=1S/C15H13Cl2F2NO/c16-11-2-1-3-12(17)14(11)10(7-20)15(21)9-5-4-8(18)6-13(9)19/h1-6,10,15,21H,7,20H2. The first-order valence-corrected chi connectivity index (χ1v) is 6.98. The minimum Gasteiger partial charge on any atom is -0.388 e. The molecule has 2 atom stereocenters. The van der Waals surface area contributed by atoms with Crippen LogP contribution in [0.15, 0.2) is 36.4 Å². The first-order valence-electron chi connectivity index (χ1n) is 6.22. The largest absolute Gasteiger partial charge is 0.388 e. The van der Waals surface area contributed by atoms with Crippen molar-refractivity contribution in [2.45, 2.75) is 12.0 Å². The lowest BCUT2D eigenvalue weighted by molar-refractivity contribution is 0.143. The summed E-state index contributed by atoms with van der Waals surface area (Å²) in [6.45, 7) is 0.00143. The second-order valence-electron chi connectivity index (χ2n) is 4.59. The molecule has 2 aromatic carbocycles. The molecule has 0 aliphatic carbocycles. The summed E-state index contributed by atoms with van der Waals surface area (Å²) in [4.78, 5) is 0. The number of rotatable bonds is 4. The Morgan fingerprint density at radius 3 is 2.24 bits per heavy atom. The Bertz CT molecular complexity index is 631. The topological polar surface area (TPSA) is 46.2 Å². The molecule has 2 aromatic rings. The lowest BCUT2D eigenvalue weighted by Crippen LogP contribution is -2.21. The summed E-state index contributed by atoms with van der Waals surface area (Å²) >= 11 is 12.2. The third-order valence-electron chi connectivity index (χ3n) is 3.29. The molecule has 2 rings (SSSR count). The van der Waals surface area contributed by atoms with Gasteiger partial charge in [0.05, 0.1) is 6.10 Å². The molecule has 0 saturated carbocycles. The van der Waals surface area contributed by atoms with Crippen molar-refractivity contribution >= 4 is 23.2 Å². The van der Waals surface area contributed by atoms with Gasteiger partial charge in [-0.1, -0.05) is 35.3 Å². The smallest absolute Gasteiger partial charge is 0.131 e. The van der Waals surface area contributed by atoms with Crippen LogP contribution in [-0.2, 0) is 0 Å². The van der Waals surface area contributed by atoms with E-state index < -0.39 is 23.7 Å². The zero-order valence-corrected chi connectivity index (χ0v) is 12.4. The number of aliphatic hydroxyl groups is 1. The van der Waals surface area contributed by atoms with Crippen molar-refractivity contribution in [2.75, 3.05) is 6.54 Å². The quantitative estimate of drug-likeness (QED) is 0.887. The molecule has 0 saturated heterocycles. The fourth-order valence-electron chi connectivity index (χ4n) is 2.23. The van der Waals surface area contributed by atoms with Gasteiger partial charge in [-0.25, -0.2) is 8.78 Å². The summed E-state index contributed by atoms with van der Waals surface area (Å²) in [6, 6.07) is 7.84. The SMILES string of the molecule is NCC(c1c(Cl)cccc1Cl)C(O)c1ccc(F)cc1F. The van der Waals surface area contributed by atoms with Crippen LogP contribution >= 0.6 is 23.2 Å². The average molecular weight is 332 g/mol. The third-order valence-corrected chi connectivity index (χ3v) is 3.95. The molecular weight excluding hydrogens is 319 g/mol. The van der Waals surface area contributed by atoms with Crippen LogP contribution in [0.4, 0.5) is 8.78 Å². The molecular formula is C15H13Cl2F2NO. The lowest BCUT2D eigenvalue weighted by atomic mass is 9.89. The predicted octanol–water partition coefficient (Wildman–Crippen LogP) is 4.05. The molecule has 0 aromatic heterocycles. The second kappa shape index (κ2) is 6.71. The number of halogens is 4. The number of hydrogen-bond donors (Lipinski definition) is 2. The maximum atomic E-state index is 13.8. The van der Waals surface area contributed by atoms with Gasteiger partial charge in [-0.3, -0.25) is 0 Å². The van der Waals surface area contributed by atoms with Crippen molar-refractivity contribution in [3.63, 3.8) is 0 Å². The van der Waals surface area contributed by atoms with Crippen LogP contribution in [0.2, 0.25) is 10.0 Å². The highest BCUT2D eigenvalue weighted by atomic mass is 35.5. The number of hydrogen-bond acceptors (Lipinski definition) is 2. The monoisotopic (exact) mass is 331 g/mol. The van der Waals surface area contributed by atoms with E-state index in [4.69, 9.17) is 28.9 Å². The first kappa shape index (κ1) is 16.2. The zero-order valence-electron chi connectivity index (χ0n) is 10.9. The van der Waals surface area contributed by atoms with E-state index >= 15 is 0 Å². The first-order chi connectivity index (χ1) is 9.95. The van der Waals surface area contributed by atoms with Crippen LogP contribution in [0.5, 0.6) is 0 Å². The van der Waals surface area contributed by atoms with Crippen LogP contribution in [-0.4, -0.2) is 11.7 Å². The fraction of sp³-hybridized carbons (Fsp3) is 0.200. The van der Waals surface area contributed by atoms with Crippen molar-refractivity contribution < 1.29 is 13.9 Å². The molecule has 0 amide bonds. The number of nitrogens with two attached hydrogens (primary N) is 1. The maximum Gasteiger partial charge on any atom is 0.131 e. The number of benzene rings is 2. The molecule has 3 N–H and O–H groups in total. The maximum absolute atomic E-state index is 13.8. The van der Waals surface area contributed by atoms with E-state index in [1.807, 2.05) is 0 Å². The zero-order chi connectivity index (χ0) is 15.6. The second-order valence-corrected chi connectivity index (χ2v) is 5.40. The van der Waals surface area contributed by atoms with E-state index in [-0.39, 0.29) is 12.1 Å². The molecule has 0 aliphatic rings. The average Bonchev–Trinajstić information content (AvgIpc) is 2.42. The Balaban J connectivity index is 2.46. The van der Waals surface area contributed by atoms with Gasteiger partial charge in [-0.05, 0) is 23.8 Å². The highest BCUT2D eigenvalue weighted by Gasteiger charge is 2.27. The van der Waals surface area contributed by atoms with E-state index in [2.05, 4.69) is 0 Å².